The van der Waals surface area contributed by atoms with Crippen LogP contribution >= 0.6 is 11.6 Å². The predicted molar refractivity (Wildman–Crippen MR) is 63.1 cm³/mol. The molecule has 0 radical (unpaired) electrons. The molecule has 0 aromatic heterocycles. The molecule has 0 saturated carbocycles. The van der Waals surface area contributed by atoms with Crippen molar-refractivity contribution in [2.45, 2.75) is 39.7 Å². The van der Waals surface area contributed by atoms with Crippen molar-refractivity contribution >= 4 is 11.6 Å². The second-order valence-electron chi connectivity index (χ2n) is 4.74. The summed E-state index contributed by atoms with van der Waals surface area (Å²) in [6.45, 7) is 11.1. The lowest BCUT2D eigenvalue weighted by molar-refractivity contribution is 0.121. The second kappa shape index (κ2) is 7.49. The first kappa shape index (κ1) is 14.2. The Kier molecular flexibility index (Phi) is 7.61. The van der Waals surface area contributed by atoms with Gasteiger partial charge in [0, 0.05) is 24.6 Å². The number of ether oxygens (including phenoxy) is 1. The van der Waals surface area contributed by atoms with E-state index in [1.807, 2.05) is 0 Å². The molecule has 0 fully saturated rings. The fourth-order valence-electron chi connectivity index (χ4n) is 0.930. The molecule has 0 atom stereocenters. The van der Waals surface area contributed by atoms with E-state index in [0.29, 0.717) is 5.88 Å². The molecule has 1 N–H and O–H groups in total. The summed E-state index contributed by atoms with van der Waals surface area (Å²) >= 11 is 5.77. The van der Waals surface area contributed by atoms with Crippen molar-refractivity contribution in [2.24, 2.45) is 5.92 Å². The average molecular weight is 222 g/mol. The van der Waals surface area contributed by atoms with Crippen molar-refractivity contribution in [3.63, 3.8) is 0 Å². The Labute approximate surface area is 93.4 Å². The van der Waals surface area contributed by atoms with Crippen LogP contribution in [0.5, 0.6) is 0 Å². The summed E-state index contributed by atoms with van der Waals surface area (Å²) in [5.41, 5.74) is 0.0168. The zero-order valence-corrected chi connectivity index (χ0v) is 10.7. The Morgan fingerprint density at radius 3 is 2.43 bits per heavy atom. The lowest BCUT2D eigenvalue weighted by Gasteiger charge is -2.23. The first-order chi connectivity index (χ1) is 6.48. The van der Waals surface area contributed by atoms with Crippen LogP contribution in [0.25, 0.3) is 0 Å². The smallest absolute Gasteiger partial charge is 0.0591 e. The maximum Gasteiger partial charge on any atom is 0.0591 e. The molecule has 0 saturated heterocycles. The van der Waals surface area contributed by atoms with Gasteiger partial charge in [-0.1, -0.05) is 13.8 Å². The van der Waals surface area contributed by atoms with Gasteiger partial charge in [-0.25, -0.2) is 0 Å². The molecule has 0 aliphatic carbocycles. The molecule has 0 unspecified atom stereocenters. The van der Waals surface area contributed by atoms with E-state index >= 15 is 0 Å². The first-order valence-electron chi connectivity index (χ1n) is 5.36. The van der Waals surface area contributed by atoms with Crippen LogP contribution in [0.15, 0.2) is 0 Å². The molecule has 2 nitrogen and oxygen atoms in total. The molecule has 3 heteroatoms. The van der Waals surface area contributed by atoms with Gasteiger partial charge in [0.1, 0.15) is 0 Å². The van der Waals surface area contributed by atoms with Gasteiger partial charge in [0.15, 0.2) is 0 Å². The van der Waals surface area contributed by atoms with E-state index in [4.69, 9.17) is 16.3 Å². The Hall–Kier alpha value is 0.210. The van der Waals surface area contributed by atoms with Gasteiger partial charge < -0.3 is 10.1 Å². The van der Waals surface area contributed by atoms with Crippen molar-refractivity contribution in [3.05, 3.63) is 0 Å². The molecule has 0 aromatic carbocycles. The molecular formula is C11H24ClNO. The SMILES string of the molecule is CC(C)CCOCCNC(C)(C)CCl. The maximum absolute atomic E-state index is 5.77. The Bertz CT molecular complexity index is 137. The third-order valence-electron chi connectivity index (χ3n) is 2.02. The Morgan fingerprint density at radius 1 is 1.29 bits per heavy atom. The predicted octanol–water partition coefficient (Wildman–Crippen LogP) is 2.66. The number of hydrogen-bond acceptors (Lipinski definition) is 2. The quantitative estimate of drug-likeness (QED) is 0.503. The van der Waals surface area contributed by atoms with E-state index in [-0.39, 0.29) is 5.54 Å². The topological polar surface area (TPSA) is 21.3 Å². The van der Waals surface area contributed by atoms with Crippen molar-refractivity contribution in [3.8, 4) is 0 Å². The monoisotopic (exact) mass is 221 g/mol. The highest BCUT2D eigenvalue weighted by molar-refractivity contribution is 6.18. The van der Waals surface area contributed by atoms with Crippen LogP contribution in [-0.4, -0.2) is 31.2 Å². The van der Waals surface area contributed by atoms with Gasteiger partial charge in [0.2, 0.25) is 0 Å². The van der Waals surface area contributed by atoms with E-state index in [0.717, 1.165) is 32.1 Å². The molecular weight excluding hydrogens is 198 g/mol. The summed E-state index contributed by atoms with van der Waals surface area (Å²) in [6.07, 6.45) is 1.14. The zero-order chi connectivity index (χ0) is 11.0. The summed E-state index contributed by atoms with van der Waals surface area (Å²) in [4.78, 5) is 0. The summed E-state index contributed by atoms with van der Waals surface area (Å²) in [6, 6.07) is 0. The van der Waals surface area contributed by atoms with E-state index in [2.05, 4.69) is 33.0 Å². The van der Waals surface area contributed by atoms with Crippen LogP contribution in [0.3, 0.4) is 0 Å². The minimum absolute atomic E-state index is 0.0168. The molecule has 0 aliphatic rings. The molecule has 0 aromatic rings. The minimum Gasteiger partial charge on any atom is -0.380 e. The molecule has 0 aliphatic heterocycles. The average Bonchev–Trinajstić information content (AvgIpc) is 2.10. The summed E-state index contributed by atoms with van der Waals surface area (Å²) in [7, 11) is 0. The molecule has 86 valence electrons. The van der Waals surface area contributed by atoms with Crippen molar-refractivity contribution in [1.29, 1.82) is 0 Å². The van der Waals surface area contributed by atoms with Gasteiger partial charge in [-0.05, 0) is 26.2 Å². The standard InChI is InChI=1S/C11H24ClNO/c1-10(2)5-7-14-8-6-13-11(3,4)9-12/h10,13H,5-9H2,1-4H3. The summed E-state index contributed by atoms with van der Waals surface area (Å²) in [5.74, 6) is 1.35. The Morgan fingerprint density at radius 2 is 1.93 bits per heavy atom. The second-order valence-corrected chi connectivity index (χ2v) is 5.01. The van der Waals surface area contributed by atoms with Crippen molar-refractivity contribution in [2.75, 3.05) is 25.6 Å². The van der Waals surface area contributed by atoms with Crippen LogP contribution in [-0.2, 0) is 4.74 Å². The largest absolute Gasteiger partial charge is 0.380 e. The van der Waals surface area contributed by atoms with Gasteiger partial charge in [-0.3, -0.25) is 0 Å². The van der Waals surface area contributed by atoms with Gasteiger partial charge in [-0.15, -0.1) is 11.6 Å². The number of hydrogen-bond donors (Lipinski definition) is 1. The maximum atomic E-state index is 5.77. The van der Waals surface area contributed by atoms with Gasteiger partial charge in [0.05, 0.1) is 6.61 Å². The van der Waals surface area contributed by atoms with Gasteiger partial charge >= 0.3 is 0 Å². The summed E-state index contributed by atoms with van der Waals surface area (Å²) in [5, 5.41) is 3.34. The first-order valence-corrected chi connectivity index (χ1v) is 5.90. The third kappa shape index (κ3) is 8.79. The third-order valence-corrected chi connectivity index (χ3v) is 2.69. The molecule has 0 heterocycles. The fourth-order valence-corrected chi connectivity index (χ4v) is 1.02. The van der Waals surface area contributed by atoms with Gasteiger partial charge in [0.25, 0.3) is 0 Å². The normalized spacial score (nSPS) is 12.4. The molecule has 14 heavy (non-hydrogen) atoms. The van der Waals surface area contributed by atoms with E-state index in [1.165, 1.54) is 0 Å². The van der Waals surface area contributed by atoms with Crippen LogP contribution in [0.2, 0.25) is 0 Å². The number of halogens is 1. The van der Waals surface area contributed by atoms with Crippen molar-refractivity contribution < 1.29 is 4.74 Å². The molecule has 0 rings (SSSR count). The number of alkyl halides is 1. The van der Waals surface area contributed by atoms with E-state index in [1.54, 1.807) is 0 Å². The van der Waals surface area contributed by atoms with Crippen LogP contribution < -0.4 is 5.32 Å². The molecule has 0 spiro atoms. The van der Waals surface area contributed by atoms with E-state index in [9.17, 15) is 0 Å². The number of rotatable bonds is 8. The zero-order valence-electron chi connectivity index (χ0n) is 9.90. The molecule has 0 bridgehead atoms. The highest BCUT2D eigenvalue weighted by Crippen LogP contribution is 2.03. The number of nitrogens with one attached hydrogen (secondary N) is 1. The highest BCUT2D eigenvalue weighted by atomic mass is 35.5. The minimum atomic E-state index is 0.0168. The highest BCUT2D eigenvalue weighted by Gasteiger charge is 2.13. The van der Waals surface area contributed by atoms with Crippen molar-refractivity contribution in [1.82, 2.24) is 5.32 Å². The summed E-state index contributed by atoms with van der Waals surface area (Å²) < 4.78 is 5.48. The van der Waals surface area contributed by atoms with Crippen LogP contribution in [0, 0.1) is 5.92 Å². The Balaban J connectivity index is 3.21. The lowest BCUT2D eigenvalue weighted by atomic mass is 10.1. The molecule has 0 amide bonds. The van der Waals surface area contributed by atoms with Crippen LogP contribution in [0.4, 0.5) is 0 Å². The van der Waals surface area contributed by atoms with Crippen LogP contribution in [0.1, 0.15) is 34.1 Å². The lowest BCUT2D eigenvalue weighted by Crippen LogP contribution is -2.42. The fraction of sp³-hybridized carbons (Fsp3) is 1.00. The van der Waals surface area contributed by atoms with Gasteiger partial charge in [-0.2, -0.15) is 0 Å². The van der Waals surface area contributed by atoms with E-state index < -0.39 is 0 Å².